The molecule has 0 saturated heterocycles. The van der Waals surface area contributed by atoms with Gasteiger partial charge in [-0.05, 0) is 44.4 Å². The average Bonchev–Trinajstić information content (AvgIpc) is 3.40. The van der Waals surface area contributed by atoms with Gasteiger partial charge in [0.05, 0.1) is 41.7 Å². The lowest BCUT2D eigenvalue weighted by Crippen LogP contribution is -2.35. The van der Waals surface area contributed by atoms with Crippen molar-refractivity contribution >= 4 is 17.3 Å². The number of aromatic nitrogens is 5. The summed E-state index contributed by atoms with van der Waals surface area (Å²) in [6.07, 6.45) is 6.82. The molecule has 4 heterocycles. The van der Waals surface area contributed by atoms with Crippen LogP contribution in [0.5, 0.6) is 0 Å². The molecule has 8 nitrogen and oxygen atoms in total. The second-order valence-corrected chi connectivity index (χ2v) is 9.17. The molecule has 2 N–H and O–H groups in total. The fourth-order valence-corrected chi connectivity index (χ4v) is 5.32. The first-order valence-corrected chi connectivity index (χ1v) is 11.4. The molecule has 168 valence electrons. The summed E-state index contributed by atoms with van der Waals surface area (Å²) in [5.41, 5.74) is 3.58. The molecule has 0 aliphatic heterocycles. The Bertz CT molecular complexity index is 1380. The zero-order chi connectivity index (χ0) is 23.1. The van der Waals surface area contributed by atoms with Crippen molar-refractivity contribution in [3.63, 3.8) is 0 Å². The molecular formula is C23H21FN6O2S. The van der Waals surface area contributed by atoms with E-state index in [-0.39, 0.29) is 11.1 Å². The zero-order valence-electron chi connectivity index (χ0n) is 17.8. The highest BCUT2D eigenvalue weighted by atomic mass is 32.2. The van der Waals surface area contributed by atoms with Gasteiger partial charge in [0.1, 0.15) is 11.1 Å². The molecule has 0 bridgehead atoms. The van der Waals surface area contributed by atoms with Gasteiger partial charge in [0.2, 0.25) is 0 Å². The first-order valence-electron chi connectivity index (χ1n) is 10.6. The molecule has 3 atom stereocenters. The average molecular weight is 465 g/mol. The summed E-state index contributed by atoms with van der Waals surface area (Å²) in [4.78, 5) is 4.79. The first-order chi connectivity index (χ1) is 16.0. The largest absolute Gasteiger partial charge is 0.390 e. The van der Waals surface area contributed by atoms with Gasteiger partial charge in [0.25, 0.3) is 0 Å². The van der Waals surface area contributed by atoms with Gasteiger partial charge in [0.15, 0.2) is 5.82 Å². The van der Waals surface area contributed by atoms with E-state index in [1.54, 1.807) is 10.7 Å². The van der Waals surface area contributed by atoms with Crippen LogP contribution in [0.15, 0.2) is 52.9 Å². The van der Waals surface area contributed by atoms with Crippen LogP contribution in [0.2, 0.25) is 0 Å². The van der Waals surface area contributed by atoms with Gasteiger partial charge < -0.3 is 10.2 Å². The van der Waals surface area contributed by atoms with Crippen LogP contribution in [0.4, 0.5) is 4.39 Å². The standard InChI is InChI=1S/C23H21FN6O2S/c1-13-17(11-28-30(13)16-4-5-19(31)20(32)8-16)14-7-21(33-23-18(24)3-2-6-26-23)22-15(9-25)10-27-29(22)12-14/h2-3,6-7,10-12,16,19-20,31-32H,4-5,8H2,1H3/t16-,19+,20-/m1/s1. The number of nitriles is 1. The monoisotopic (exact) mass is 464 g/mol. The normalized spacial score (nSPS) is 20.8. The van der Waals surface area contributed by atoms with Gasteiger partial charge in [-0.2, -0.15) is 15.5 Å². The van der Waals surface area contributed by atoms with E-state index in [9.17, 15) is 19.9 Å². The van der Waals surface area contributed by atoms with E-state index in [1.165, 1.54) is 24.5 Å². The summed E-state index contributed by atoms with van der Waals surface area (Å²) in [7, 11) is 0. The number of aliphatic hydroxyl groups is 2. The molecule has 0 radical (unpaired) electrons. The summed E-state index contributed by atoms with van der Waals surface area (Å²) < 4.78 is 17.8. The predicted octanol–water partition coefficient (Wildman–Crippen LogP) is 3.51. The molecule has 1 saturated carbocycles. The third kappa shape index (κ3) is 3.88. The number of pyridine rings is 2. The van der Waals surface area contributed by atoms with Gasteiger partial charge in [-0.3, -0.25) is 4.68 Å². The van der Waals surface area contributed by atoms with Gasteiger partial charge in [-0.15, -0.1) is 0 Å². The second kappa shape index (κ2) is 8.59. The Morgan fingerprint density at radius 1 is 1.21 bits per heavy atom. The fourth-order valence-electron chi connectivity index (χ4n) is 4.35. The summed E-state index contributed by atoms with van der Waals surface area (Å²) in [6, 6.07) is 6.91. The Morgan fingerprint density at radius 2 is 2.06 bits per heavy atom. The lowest BCUT2D eigenvalue weighted by atomic mass is 9.90. The van der Waals surface area contributed by atoms with Crippen molar-refractivity contribution in [2.24, 2.45) is 0 Å². The van der Waals surface area contributed by atoms with Crippen LogP contribution in [0.3, 0.4) is 0 Å². The Morgan fingerprint density at radius 3 is 2.82 bits per heavy atom. The highest BCUT2D eigenvalue weighted by Gasteiger charge is 2.30. The van der Waals surface area contributed by atoms with Gasteiger partial charge in [0, 0.05) is 34.1 Å². The van der Waals surface area contributed by atoms with Crippen LogP contribution in [0, 0.1) is 24.1 Å². The van der Waals surface area contributed by atoms with Crippen molar-refractivity contribution in [3.8, 4) is 17.2 Å². The second-order valence-electron chi connectivity index (χ2n) is 8.14. The SMILES string of the molecule is Cc1c(-c2cc(Sc3ncccc3F)c3c(C#N)cnn3c2)cnn1[C@@H]1CC[C@H](O)[C@H](O)C1. The number of hydrogen-bond donors (Lipinski definition) is 2. The molecule has 5 rings (SSSR count). The number of rotatable bonds is 4. The maximum atomic E-state index is 14.3. The zero-order valence-corrected chi connectivity index (χ0v) is 18.6. The molecule has 10 heteroatoms. The van der Waals surface area contributed by atoms with E-state index in [1.807, 2.05) is 23.9 Å². The van der Waals surface area contributed by atoms with Crippen LogP contribution in [-0.2, 0) is 0 Å². The van der Waals surface area contributed by atoms with E-state index in [2.05, 4.69) is 21.3 Å². The minimum absolute atomic E-state index is 0.00719. The van der Waals surface area contributed by atoms with Crippen LogP contribution >= 0.6 is 11.8 Å². The number of fused-ring (bicyclic) bond motifs is 1. The molecule has 4 aromatic heterocycles. The summed E-state index contributed by atoms with van der Waals surface area (Å²) >= 11 is 1.14. The van der Waals surface area contributed by atoms with Gasteiger partial charge >= 0.3 is 0 Å². The number of aliphatic hydroxyl groups excluding tert-OH is 2. The van der Waals surface area contributed by atoms with E-state index < -0.39 is 18.0 Å². The van der Waals surface area contributed by atoms with E-state index in [4.69, 9.17) is 0 Å². The Balaban J connectivity index is 1.58. The molecule has 0 spiro atoms. The highest BCUT2D eigenvalue weighted by molar-refractivity contribution is 7.99. The van der Waals surface area contributed by atoms with Crippen molar-refractivity contribution in [2.75, 3.05) is 0 Å². The molecule has 0 amide bonds. The Labute approximate surface area is 193 Å². The molecule has 4 aromatic rings. The molecular weight excluding hydrogens is 443 g/mol. The third-order valence-electron chi connectivity index (χ3n) is 6.08. The summed E-state index contributed by atoms with van der Waals surface area (Å²) in [5, 5.41) is 38.6. The molecule has 33 heavy (non-hydrogen) atoms. The summed E-state index contributed by atoms with van der Waals surface area (Å²) in [5.74, 6) is -0.439. The van der Waals surface area contributed by atoms with Crippen LogP contribution in [0.1, 0.15) is 36.6 Å². The van der Waals surface area contributed by atoms with Crippen molar-refractivity contribution in [3.05, 3.63) is 60.1 Å². The Kier molecular flexibility index (Phi) is 5.62. The van der Waals surface area contributed by atoms with Crippen molar-refractivity contribution < 1.29 is 14.6 Å². The molecule has 0 aromatic carbocycles. The quantitative estimate of drug-likeness (QED) is 0.475. The number of nitrogens with zero attached hydrogens (tertiary/aromatic N) is 6. The lowest BCUT2D eigenvalue weighted by molar-refractivity contribution is -0.0247. The number of hydrogen-bond acceptors (Lipinski definition) is 7. The predicted molar refractivity (Wildman–Crippen MR) is 119 cm³/mol. The van der Waals surface area contributed by atoms with E-state index in [0.717, 1.165) is 35.0 Å². The maximum Gasteiger partial charge on any atom is 0.155 e. The molecule has 1 aliphatic carbocycles. The minimum atomic E-state index is -0.767. The number of halogens is 1. The van der Waals surface area contributed by atoms with Crippen molar-refractivity contribution in [2.45, 2.75) is 54.4 Å². The molecule has 0 unspecified atom stereocenters. The molecule has 1 aliphatic rings. The first kappa shape index (κ1) is 21.6. The molecule has 1 fully saturated rings. The van der Waals surface area contributed by atoms with Gasteiger partial charge in [-0.1, -0.05) is 11.8 Å². The van der Waals surface area contributed by atoms with Crippen LogP contribution in [-0.4, -0.2) is 46.8 Å². The minimum Gasteiger partial charge on any atom is -0.390 e. The fraction of sp³-hybridized carbons (Fsp3) is 0.304. The Hall–Kier alpha value is -3.26. The van der Waals surface area contributed by atoms with Crippen molar-refractivity contribution in [1.29, 1.82) is 5.26 Å². The lowest BCUT2D eigenvalue weighted by Gasteiger charge is -2.30. The topological polar surface area (TPSA) is 112 Å². The van der Waals surface area contributed by atoms with Crippen LogP contribution < -0.4 is 0 Å². The maximum absolute atomic E-state index is 14.3. The van der Waals surface area contributed by atoms with E-state index >= 15 is 0 Å². The van der Waals surface area contributed by atoms with E-state index in [0.29, 0.717) is 28.8 Å². The smallest absolute Gasteiger partial charge is 0.155 e. The van der Waals surface area contributed by atoms with Crippen molar-refractivity contribution in [1.82, 2.24) is 24.4 Å². The van der Waals surface area contributed by atoms with Gasteiger partial charge in [-0.25, -0.2) is 13.9 Å². The van der Waals surface area contributed by atoms with Crippen LogP contribution in [0.25, 0.3) is 16.6 Å². The highest BCUT2D eigenvalue weighted by Crippen LogP contribution is 2.37. The third-order valence-corrected chi connectivity index (χ3v) is 7.11. The summed E-state index contributed by atoms with van der Waals surface area (Å²) in [6.45, 7) is 1.96.